The van der Waals surface area contributed by atoms with Gasteiger partial charge in [0.15, 0.2) is 11.5 Å². The van der Waals surface area contributed by atoms with E-state index in [1.54, 1.807) is 25.1 Å². The highest BCUT2D eigenvalue weighted by Crippen LogP contribution is 2.27. The zero-order chi connectivity index (χ0) is 24.4. The molecule has 1 fully saturated rings. The largest absolute Gasteiger partial charge is 0.360 e. The van der Waals surface area contributed by atoms with Gasteiger partial charge >= 0.3 is 0 Å². The Morgan fingerprint density at radius 2 is 1.80 bits per heavy atom. The smallest absolute Gasteiger partial charge is 0.274 e. The number of piperazine rings is 1. The van der Waals surface area contributed by atoms with Crippen LogP contribution in [0.25, 0.3) is 5.69 Å². The Kier molecular flexibility index (Phi) is 6.63. The first kappa shape index (κ1) is 23.2. The van der Waals surface area contributed by atoms with Crippen molar-refractivity contribution in [1.29, 1.82) is 0 Å². The summed E-state index contributed by atoms with van der Waals surface area (Å²) >= 11 is 0. The van der Waals surface area contributed by atoms with Gasteiger partial charge in [0.25, 0.3) is 5.91 Å². The molecule has 0 unspecified atom stereocenters. The number of nitrogens with zero attached hydrogens (tertiary/aromatic N) is 5. The number of amides is 2. The maximum atomic E-state index is 13.5. The molecule has 0 saturated carbocycles. The van der Waals surface area contributed by atoms with Crippen molar-refractivity contribution >= 4 is 17.6 Å². The summed E-state index contributed by atoms with van der Waals surface area (Å²) in [5.74, 6) is 0.490. The van der Waals surface area contributed by atoms with Gasteiger partial charge < -0.3 is 14.7 Å². The van der Waals surface area contributed by atoms with Gasteiger partial charge in [-0.1, -0.05) is 11.6 Å². The van der Waals surface area contributed by atoms with Gasteiger partial charge in [-0.05, 0) is 56.9 Å². The molecule has 1 aromatic carbocycles. The summed E-state index contributed by atoms with van der Waals surface area (Å²) in [6.45, 7) is 4.22. The second-order valence-corrected chi connectivity index (χ2v) is 9.16. The minimum absolute atomic E-state index is 0.0776. The first-order valence-corrected chi connectivity index (χ1v) is 12.1. The van der Waals surface area contributed by atoms with Gasteiger partial charge in [-0.3, -0.25) is 14.5 Å². The Bertz CT molecular complexity index is 1210. The summed E-state index contributed by atoms with van der Waals surface area (Å²) < 4.78 is 20.3. The molecule has 5 rings (SSSR count). The van der Waals surface area contributed by atoms with Gasteiger partial charge in [-0.2, -0.15) is 5.10 Å². The lowest BCUT2D eigenvalue weighted by Gasteiger charge is -2.34. The number of hydrogen-bond donors (Lipinski definition) is 1. The fourth-order valence-corrected chi connectivity index (χ4v) is 4.81. The number of carbonyl (C=O) groups is 2. The van der Waals surface area contributed by atoms with Crippen LogP contribution in [0.3, 0.4) is 0 Å². The monoisotopic (exact) mass is 480 g/mol. The summed E-state index contributed by atoms with van der Waals surface area (Å²) in [6.07, 6.45) is 4.85. The number of hydrogen-bond acceptors (Lipinski definition) is 6. The van der Waals surface area contributed by atoms with Crippen LogP contribution < -0.4 is 5.32 Å². The second-order valence-electron chi connectivity index (χ2n) is 9.16. The van der Waals surface area contributed by atoms with Crippen LogP contribution in [0.1, 0.15) is 46.8 Å². The van der Waals surface area contributed by atoms with Crippen molar-refractivity contribution in [3.8, 4) is 5.69 Å². The first-order chi connectivity index (χ1) is 17.0. The van der Waals surface area contributed by atoms with E-state index in [4.69, 9.17) is 9.62 Å². The summed E-state index contributed by atoms with van der Waals surface area (Å²) in [7, 11) is 0. The first-order valence-electron chi connectivity index (χ1n) is 12.1. The van der Waals surface area contributed by atoms with Crippen LogP contribution in [0.5, 0.6) is 0 Å². The summed E-state index contributed by atoms with van der Waals surface area (Å²) in [5.41, 5.74) is 3.33. The van der Waals surface area contributed by atoms with Crippen molar-refractivity contribution in [2.24, 2.45) is 0 Å². The van der Waals surface area contributed by atoms with Crippen molar-refractivity contribution in [2.75, 3.05) is 38.0 Å². The summed E-state index contributed by atoms with van der Waals surface area (Å²) in [5, 5.41) is 11.2. The lowest BCUT2D eigenvalue weighted by atomic mass is 10.1. The number of aromatic nitrogens is 3. The van der Waals surface area contributed by atoms with E-state index in [1.165, 1.54) is 12.1 Å². The van der Waals surface area contributed by atoms with Crippen LogP contribution in [-0.2, 0) is 17.6 Å². The third-order valence-corrected chi connectivity index (χ3v) is 6.63. The molecule has 0 spiro atoms. The van der Waals surface area contributed by atoms with Gasteiger partial charge in [0.2, 0.25) is 5.91 Å². The normalized spacial score (nSPS) is 16.6. The molecule has 35 heavy (non-hydrogen) atoms. The van der Waals surface area contributed by atoms with E-state index >= 15 is 0 Å². The van der Waals surface area contributed by atoms with E-state index in [1.807, 2.05) is 14.5 Å². The molecular weight excluding hydrogens is 451 g/mol. The molecule has 0 atom stereocenters. The molecule has 2 amide bonds. The van der Waals surface area contributed by atoms with E-state index < -0.39 is 0 Å². The van der Waals surface area contributed by atoms with E-state index in [2.05, 4.69) is 10.5 Å². The molecule has 9 nitrogen and oxygen atoms in total. The highest BCUT2D eigenvalue weighted by atomic mass is 19.1. The van der Waals surface area contributed by atoms with Crippen molar-refractivity contribution in [1.82, 2.24) is 24.7 Å². The highest BCUT2D eigenvalue weighted by molar-refractivity contribution is 5.94. The molecule has 3 heterocycles. The van der Waals surface area contributed by atoms with E-state index in [9.17, 15) is 14.0 Å². The Labute approximate surface area is 202 Å². The second kappa shape index (κ2) is 9.99. The van der Waals surface area contributed by atoms with Gasteiger partial charge in [-0.15, -0.1) is 0 Å². The number of anilines is 1. The minimum Gasteiger partial charge on any atom is -0.360 e. The predicted molar refractivity (Wildman–Crippen MR) is 127 cm³/mol. The predicted octanol–water partition coefficient (Wildman–Crippen LogP) is 2.97. The highest BCUT2D eigenvalue weighted by Gasteiger charge is 2.30. The Balaban J connectivity index is 1.26. The summed E-state index contributed by atoms with van der Waals surface area (Å²) in [6, 6.07) is 7.90. The van der Waals surface area contributed by atoms with E-state index in [-0.39, 0.29) is 24.2 Å². The fraction of sp³-hybridized carbons (Fsp3) is 0.440. The molecule has 1 saturated heterocycles. The third kappa shape index (κ3) is 5.12. The maximum Gasteiger partial charge on any atom is 0.274 e. The zero-order valence-electron chi connectivity index (χ0n) is 19.8. The average molecular weight is 481 g/mol. The lowest BCUT2D eigenvalue weighted by Crippen LogP contribution is -2.50. The lowest BCUT2D eigenvalue weighted by molar-refractivity contribution is -0.117. The molecule has 2 aliphatic rings. The van der Waals surface area contributed by atoms with Gasteiger partial charge in [0.1, 0.15) is 11.6 Å². The quantitative estimate of drug-likeness (QED) is 0.564. The summed E-state index contributed by atoms with van der Waals surface area (Å²) in [4.78, 5) is 29.7. The van der Waals surface area contributed by atoms with Gasteiger partial charge in [0, 0.05) is 43.5 Å². The van der Waals surface area contributed by atoms with E-state index in [0.717, 1.165) is 49.0 Å². The molecule has 1 aliphatic heterocycles. The van der Waals surface area contributed by atoms with Crippen LogP contribution >= 0.6 is 0 Å². The molecule has 0 bridgehead atoms. The number of carbonyl (C=O) groups excluding carboxylic acids is 2. The Morgan fingerprint density at radius 3 is 2.51 bits per heavy atom. The number of fused-ring (bicyclic) bond motifs is 1. The minimum atomic E-state index is -0.300. The molecule has 2 aromatic heterocycles. The van der Waals surface area contributed by atoms with Crippen LogP contribution in [0.4, 0.5) is 10.2 Å². The van der Waals surface area contributed by atoms with Crippen LogP contribution in [0.15, 0.2) is 34.9 Å². The molecule has 10 heteroatoms. The number of rotatable bonds is 5. The van der Waals surface area contributed by atoms with Crippen molar-refractivity contribution in [3.05, 3.63) is 58.9 Å². The SMILES string of the molecule is Cc1cc(NC(=O)CN2CCN(C(=O)c3nn(-c4ccc(F)cc4)c4c3CCCCC4)CC2)no1. The Morgan fingerprint density at radius 1 is 1.06 bits per heavy atom. The van der Waals surface area contributed by atoms with Crippen LogP contribution in [0, 0.1) is 12.7 Å². The van der Waals surface area contributed by atoms with Crippen LogP contribution in [0.2, 0.25) is 0 Å². The van der Waals surface area contributed by atoms with Crippen LogP contribution in [-0.4, -0.2) is 69.3 Å². The number of nitrogens with one attached hydrogen (secondary N) is 1. The molecule has 1 N–H and O–H groups in total. The molecule has 3 aromatic rings. The maximum absolute atomic E-state index is 13.5. The standard InChI is InChI=1S/C25H29FN6O3/c1-17-15-22(29-35-17)27-23(33)16-30-11-13-31(14-12-30)25(34)24-20-5-3-2-4-6-21(20)32(28-24)19-9-7-18(26)8-10-19/h7-10,15H,2-6,11-14,16H2,1H3,(H,27,29,33). The van der Waals surface area contributed by atoms with Gasteiger partial charge in [-0.25, -0.2) is 9.07 Å². The Hall–Kier alpha value is -3.53. The average Bonchev–Trinajstić information content (AvgIpc) is 3.33. The topological polar surface area (TPSA) is 96.5 Å². The molecule has 184 valence electrons. The molecule has 0 radical (unpaired) electrons. The molecular formula is C25H29FN6O3. The zero-order valence-corrected chi connectivity index (χ0v) is 19.8. The van der Waals surface area contributed by atoms with Gasteiger partial charge in [0.05, 0.1) is 12.2 Å². The number of halogens is 1. The molecule has 1 aliphatic carbocycles. The fourth-order valence-electron chi connectivity index (χ4n) is 4.81. The van der Waals surface area contributed by atoms with Crippen molar-refractivity contribution < 1.29 is 18.5 Å². The van der Waals surface area contributed by atoms with Crippen molar-refractivity contribution in [2.45, 2.75) is 39.0 Å². The number of benzene rings is 1. The number of aryl methyl sites for hydroxylation is 1. The van der Waals surface area contributed by atoms with Crippen molar-refractivity contribution in [3.63, 3.8) is 0 Å². The third-order valence-electron chi connectivity index (χ3n) is 6.63. The van der Waals surface area contributed by atoms with E-state index in [0.29, 0.717) is 43.5 Å².